The predicted molar refractivity (Wildman–Crippen MR) is 176 cm³/mol. The number of carbonyl (C=O) groups is 6. The van der Waals surface area contributed by atoms with Gasteiger partial charge >= 0.3 is 6.09 Å². The molecule has 0 aromatic heterocycles. The summed E-state index contributed by atoms with van der Waals surface area (Å²) in [5.74, 6) is -4.14. The van der Waals surface area contributed by atoms with E-state index in [0.717, 1.165) is 0 Å². The Bertz CT molecular complexity index is 1050. The van der Waals surface area contributed by atoms with Gasteiger partial charge in [0.15, 0.2) is 0 Å². The summed E-state index contributed by atoms with van der Waals surface area (Å²) in [5.41, 5.74) is 4.46. The summed E-state index contributed by atoms with van der Waals surface area (Å²) in [6, 6.07) is -4.27. The maximum Gasteiger partial charge on any atom is 0.408 e. The van der Waals surface area contributed by atoms with Crippen molar-refractivity contribution >= 4 is 35.6 Å². The summed E-state index contributed by atoms with van der Waals surface area (Å²) in [6.07, 6.45) is -2.70. The summed E-state index contributed by atoms with van der Waals surface area (Å²) in [5, 5.41) is 33.5. The van der Waals surface area contributed by atoms with Crippen LogP contribution in [-0.4, -0.2) is 94.4 Å². The van der Waals surface area contributed by atoms with Crippen LogP contribution >= 0.6 is 0 Å². The average Bonchev–Trinajstić information content (AvgIpc) is 2.94. The third-order valence-corrected chi connectivity index (χ3v) is 7.50. The number of nitrogens with two attached hydrogens (primary N) is 1. The van der Waals surface area contributed by atoms with Gasteiger partial charge in [0.2, 0.25) is 29.5 Å². The second kappa shape index (κ2) is 20.7. The Hall–Kier alpha value is -3.46. The lowest BCUT2D eigenvalue weighted by Gasteiger charge is -2.32. The first-order valence-corrected chi connectivity index (χ1v) is 16.4. The van der Waals surface area contributed by atoms with E-state index in [4.69, 9.17) is 10.5 Å². The molecule has 0 saturated heterocycles. The molecule has 47 heavy (non-hydrogen) atoms. The monoisotopic (exact) mass is 672 g/mol. The largest absolute Gasteiger partial charge is 0.444 e. The fourth-order valence-electron chi connectivity index (χ4n) is 4.54. The van der Waals surface area contributed by atoms with Crippen LogP contribution in [0.4, 0.5) is 4.79 Å². The quantitative estimate of drug-likeness (QED) is 0.0902. The predicted octanol–water partition coefficient (Wildman–Crippen LogP) is 0.596. The van der Waals surface area contributed by atoms with Gasteiger partial charge in [0.1, 0.15) is 23.7 Å². The summed E-state index contributed by atoms with van der Waals surface area (Å²) >= 11 is 0. The van der Waals surface area contributed by atoms with Crippen LogP contribution in [0, 0.1) is 17.8 Å². The molecule has 0 aliphatic heterocycles. The summed E-state index contributed by atoms with van der Waals surface area (Å²) in [7, 11) is 0. The molecule has 0 saturated carbocycles. The SMILES string of the molecule is CC[C@H](C)[C@H](NC(=O)OC(C)(C)C)C(=O)N[C@H](C(=O)N[C@@H](CC(C)C)C(O)CC(=O)N[C@@H](CC(N)=O)C(=O)NC[C@H](C)O)[C@@H](C)CC. The molecule has 1 unspecified atom stereocenters. The molecule has 15 heteroatoms. The Morgan fingerprint density at radius 1 is 0.745 bits per heavy atom. The third-order valence-electron chi connectivity index (χ3n) is 7.50. The van der Waals surface area contributed by atoms with Crippen LogP contribution in [-0.2, 0) is 28.7 Å². The molecule has 0 aliphatic rings. The molecule has 0 spiro atoms. The van der Waals surface area contributed by atoms with Crippen molar-refractivity contribution < 1.29 is 43.7 Å². The molecular formula is C32H60N6O9. The van der Waals surface area contributed by atoms with E-state index in [1.165, 1.54) is 6.92 Å². The number of hydrogen-bond acceptors (Lipinski definition) is 9. The molecule has 9 N–H and O–H groups in total. The Morgan fingerprint density at radius 2 is 1.26 bits per heavy atom. The normalized spacial score (nSPS) is 16.7. The van der Waals surface area contributed by atoms with E-state index in [1.807, 2.05) is 27.7 Å². The van der Waals surface area contributed by atoms with Gasteiger partial charge in [-0.05, 0) is 51.9 Å². The number of rotatable bonds is 20. The number of amides is 6. The number of aliphatic hydroxyl groups is 2. The molecule has 0 radical (unpaired) electrons. The van der Waals surface area contributed by atoms with Gasteiger partial charge in [0.25, 0.3) is 0 Å². The Kier molecular flexibility index (Phi) is 19.2. The number of ether oxygens (including phenoxy) is 1. The molecule has 0 fully saturated rings. The van der Waals surface area contributed by atoms with Crippen molar-refractivity contribution in [1.29, 1.82) is 0 Å². The topological polar surface area (TPSA) is 238 Å². The Morgan fingerprint density at radius 3 is 1.70 bits per heavy atom. The van der Waals surface area contributed by atoms with Crippen molar-refractivity contribution in [1.82, 2.24) is 26.6 Å². The third kappa shape index (κ3) is 17.9. The molecule has 15 nitrogen and oxygen atoms in total. The highest BCUT2D eigenvalue weighted by Gasteiger charge is 2.35. The number of hydrogen-bond donors (Lipinski definition) is 8. The van der Waals surface area contributed by atoms with Gasteiger partial charge in [-0.3, -0.25) is 24.0 Å². The lowest BCUT2D eigenvalue weighted by atomic mass is 9.93. The average molecular weight is 673 g/mol. The smallest absolute Gasteiger partial charge is 0.408 e. The van der Waals surface area contributed by atoms with Gasteiger partial charge in [0.05, 0.1) is 31.1 Å². The zero-order chi connectivity index (χ0) is 36.6. The van der Waals surface area contributed by atoms with Crippen molar-refractivity contribution in [3.05, 3.63) is 0 Å². The Balaban J connectivity index is 5.91. The fourth-order valence-corrected chi connectivity index (χ4v) is 4.54. The number of alkyl carbamates (subject to hydrolysis) is 1. The number of aliphatic hydroxyl groups excluding tert-OH is 2. The molecule has 0 heterocycles. The van der Waals surface area contributed by atoms with Gasteiger partial charge in [-0.15, -0.1) is 0 Å². The van der Waals surface area contributed by atoms with E-state index in [0.29, 0.717) is 12.8 Å². The molecule has 0 aromatic rings. The summed E-state index contributed by atoms with van der Waals surface area (Å²) < 4.78 is 5.33. The van der Waals surface area contributed by atoms with Crippen LogP contribution in [0.2, 0.25) is 0 Å². The first-order valence-electron chi connectivity index (χ1n) is 16.4. The first kappa shape index (κ1) is 43.5. The maximum atomic E-state index is 13.7. The molecular weight excluding hydrogens is 612 g/mol. The van der Waals surface area contributed by atoms with Crippen LogP contribution in [0.3, 0.4) is 0 Å². The van der Waals surface area contributed by atoms with Crippen LogP contribution in [0.1, 0.15) is 101 Å². The molecule has 8 atom stereocenters. The van der Waals surface area contributed by atoms with E-state index >= 15 is 0 Å². The lowest BCUT2D eigenvalue weighted by Crippen LogP contribution is -2.59. The lowest BCUT2D eigenvalue weighted by molar-refractivity contribution is -0.134. The maximum absolute atomic E-state index is 13.7. The molecule has 6 amide bonds. The minimum Gasteiger partial charge on any atom is -0.444 e. The van der Waals surface area contributed by atoms with Crippen molar-refractivity contribution in [3.8, 4) is 0 Å². The highest BCUT2D eigenvalue weighted by atomic mass is 16.6. The molecule has 0 rings (SSSR count). The van der Waals surface area contributed by atoms with Gasteiger partial charge < -0.3 is 47.3 Å². The minimum absolute atomic E-state index is 0.0173. The zero-order valence-electron chi connectivity index (χ0n) is 29.8. The van der Waals surface area contributed by atoms with Gasteiger partial charge in [0, 0.05) is 6.54 Å². The van der Waals surface area contributed by atoms with Crippen LogP contribution in [0.5, 0.6) is 0 Å². The van der Waals surface area contributed by atoms with Crippen molar-refractivity contribution in [2.45, 2.75) is 143 Å². The number of primary amides is 1. The van der Waals surface area contributed by atoms with E-state index in [9.17, 15) is 39.0 Å². The van der Waals surface area contributed by atoms with Gasteiger partial charge in [-0.25, -0.2) is 4.79 Å². The van der Waals surface area contributed by atoms with Crippen molar-refractivity contribution in [3.63, 3.8) is 0 Å². The van der Waals surface area contributed by atoms with Crippen LogP contribution < -0.4 is 32.3 Å². The number of carbonyl (C=O) groups excluding carboxylic acids is 6. The van der Waals surface area contributed by atoms with Gasteiger partial charge in [-0.2, -0.15) is 0 Å². The second-order valence-electron chi connectivity index (χ2n) is 13.8. The Labute approximate surface area is 279 Å². The fraction of sp³-hybridized carbons (Fsp3) is 0.812. The zero-order valence-corrected chi connectivity index (χ0v) is 29.8. The number of nitrogens with one attached hydrogen (secondary N) is 5. The van der Waals surface area contributed by atoms with E-state index in [1.54, 1.807) is 34.6 Å². The van der Waals surface area contributed by atoms with Crippen LogP contribution in [0.25, 0.3) is 0 Å². The first-order chi connectivity index (χ1) is 21.6. The van der Waals surface area contributed by atoms with Crippen molar-refractivity contribution in [2.24, 2.45) is 23.5 Å². The van der Waals surface area contributed by atoms with E-state index < -0.39 is 90.4 Å². The standard InChI is InChI=1S/C32H60N6O9/c1-11-18(5)26(37-30(45)27(19(6)12-2)38-31(46)47-32(8,9)10)29(44)36-21(13-17(3)4)23(40)15-25(42)35-22(14-24(33)41)28(43)34-16-20(7)39/h17-23,26-27,39-40H,11-16H2,1-10H3,(H2,33,41)(H,34,43)(H,35,42)(H,36,44)(H,37,45)(H,38,46)/t18-,19-,20-,21-,22-,23?,26-,27-/m0/s1. The van der Waals surface area contributed by atoms with E-state index in [2.05, 4.69) is 26.6 Å². The van der Waals surface area contributed by atoms with E-state index in [-0.39, 0.29) is 30.7 Å². The second-order valence-corrected chi connectivity index (χ2v) is 13.8. The highest BCUT2D eigenvalue weighted by Crippen LogP contribution is 2.16. The molecule has 272 valence electrons. The summed E-state index contributed by atoms with van der Waals surface area (Å²) in [6.45, 7) is 17.5. The summed E-state index contributed by atoms with van der Waals surface area (Å²) in [4.78, 5) is 76.6. The minimum atomic E-state index is -1.40. The van der Waals surface area contributed by atoms with Crippen LogP contribution in [0.15, 0.2) is 0 Å². The highest BCUT2D eigenvalue weighted by molar-refractivity contribution is 5.93. The van der Waals surface area contributed by atoms with Gasteiger partial charge in [-0.1, -0.05) is 54.4 Å². The molecule has 0 aromatic carbocycles. The van der Waals surface area contributed by atoms with Crippen molar-refractivity contribution in [2.75, 3.05) is 6.54 Å². The molecule has 0 aliphatic carbocycles. The molecule has 0 bridgehead atoms.